The second kappa shape index (κ2) is 5.85. The van der Waals surface area contributed by atoms with Gasteiger partial charge in [-0.3, -0.25) is 9.78 Å². The van der Waals surface area contributed by atoms with Crippen LogP contribution in [-0.2, 0) is 13.0 Å². The fourth-order valence-electron chi connectivity index (χ4n) is 3.57. The van der Waals surface area contributed by atoms with Crippen LogP contribution in [0, 0.1) is 0 Å². The Morgan fingerprint density at radius 1 is 1.00 bits per heavy atom. The fourth-order valence-corrected chi connectivity index (χ4v) is 3.57. The first-order valence-corrected chi connectivity index (χ1v) is 8.59. The van der Waals surface area contributed by atoms with Crippen LogP contribution in [0.3, 0.4) is 0 Å². The zero-order chi connectivity index (χ0) is 17.5. The third-order valence-corrected chi connectivity index (χ3v) is 4.79. The van der Waals surface area contributed by atoms with Gasteiger partial charge in [-0.1, -0.05) is 30.3 Å². The number of fused-ring (bicyclic) bond motifs is 2. The Kier molecular flexibility index (Phi) is 3.35. The molecule has 4 nitrogen and oxygen atoms in total. The topological polar surface area (TPSA) is 44.1 Å². The van der Waals surface area contributed by atoms with Gasteiger partial charge in [0, 0.05) is 41.0 Å². The van der Waals surface area contributed by atoms with Crippen molar-refractivity contribution in [3.63, 3.8) is 0 Å². The van der Waals surface area contributed by atoms with Crippen LogP contribution >= 0.6 is 0 Å². The van der Waals surface area contributed by atoms with Gasteiger partial charge < -0.3 is 9.30 Å². The van der Waals surface area contributed by atoms with Crippen molar-refractivity contribution < 1.29 is 4.74 Å². The molecule has 0 aliphatic carbocycles. The minimum absolute atomic E-state index is 0.0585. The number of pyridine rings is 2. The highest BCUT2D eigenvalue weighted by Crippen LogP contribution is 2.32. The van der Waals surface area contributed by atoms with E-state index >= 15 is 0 Å². The van der Waals surface area contributed by atoms with Crippen molar-refractivity contribution in [1.82, 2.24) is 9.55 Å². The fraction of sp³-hybridized carbons (Fsp3) is 0.0909. The van der Waals surface area contributed by atoms with Crippen LogP contribution < -0.4 is 10.2 Å². The molecule has 126 valence electrons. The van der Waals surface area contributed by atoms with E-state index in [1.54, 1.807) is 6.20 Å². The van der Waals surface area contributed by atoms with Gasteiger partial charge in [-0.15, -0.1) is 0 Å². The lowest BCUT2D eigenvalue weighted by atomic mass is 10.0. The number of rotatable bonds is 2. The molecule has 0 spiro atoms. The first-order chi connectivity index (χ1) is 12.8. The Morgan fingerprint density at radius 3 is 2.77 bits per heavy atom. The van der Waals surface area contributed by atoms with E-state index in [-0.39, 0.29) is 5.43 Å². The number of aromatic nitrogens is 2. The smallest absolute Gasteiger partial charge is 0.193 e. The SMILES string of the molecule is O=c1c(Cc2ccccn2)cn2c3c(cccc13)COc1ccccc1-2. The molecule has 1 aliphatic heterocycles. The monoisotopic (exact) mass is 340 g/mol. The first kappa shape index (κ1) is 14.9. The Balaban J connectivity index is 1.82. The van der Waals surface area contributed by atoms with Crippen LogP contribution in [-0.4, -0.2) is 9.55 Å². The molecule has 2 aromatic carbocycles. The lowest BCUT2D eigenvalue weighted by Gasteiger charge is -2.14. The quantitative estimate of drug-likeness (QED) is 0.556. The van der Waals surface area contributed by atoms with E-state index in [1.807, 2.05) is 66.9 Å². The molecule has 0 N–H and O–H groups in total. The standard InChI is InChI=1S/C22H16N2O2/c25-22-16(12-17-7-3-4-11-23-17)13-24-19-9-1-2-10-20(19)26-14-15-6-5-8-18(22)21(15)24/h1-11,13H,12,14H2. The van der Waals surface area contributed by atoms with Crippen molar-refractivity contribution >= 4 is 10.9 Å². The third kappa shape index (κ3) is 2.30. The molecule has 0 saturated heterocycles. The average Bonchev–Trinajstić information content (AvgIpc) is 2.85. The van der Waals surface area contributed by atoms with Gasteiger partial charge in [0.15, 0.2) is 5.43 Å². The molecular weight excluding hydrogens is 324 g/mol. The van der Waals surface area contributed by atoms with Gasteiger partial charge in [0.2, 0.25) is 0 Å². The minimum atomic E-state index is 0.0585. The van der Waals surface area contributed by atoms with Crippen molar-refractivity contribution in [3.05, 3.63) is 100 Å². The number of para-hydroxylation sites is 3. The normalized spacial score (nSPS) is 12.3. The summed E-state index contributed by atoms with van der Waals surface area (Å²) in [6, 6.07) is 19.5. The van der Waals surface area contributed by atoms with Gasteiger partial charge >= 0.3 is 0 Å². The summed E-state index contributed by atoms with van der Waals surface area (Å²) < 4.78 is 8.07. The van der Waals surface area contributed by atoms with E-state index in [4.69, 9.17) is 4.74 Å². The highest BCUT2D eigenvalue weighted by molar-refractivity contribution is 5.85. The molecule has 0 bridgehead atoms. The van der Waals surface area contributed by atoms with E-state index in [0.29, 0.717) is 13.0 Å². The van der Waals surface area contributed by atoms with Crippen LogP contribution in [0.4, 0.5) is 0 Å². The molecule has 3 heterocycles. The molecule has 4 heteroatoms. The van der Waals surface area contributed by atoms with Gasteiger partial charge in [-0.25, -0.2) is 0 Å². The Hall–Kier alpha value is -3.40. The first-order valence-electron chi connectivity index (χ1n) is 8.59. The lowest BCUT2D eigenvalue weighted by molar-refractivity contribution is 0.309. The Bertz CT molecular complexity index is 1180. The van der Waals surface area contributed by atoms with E-state index < -0.39 is 0 Å². The summed E-state index contributed by atoms with van der Waals surface area (Å²) in [5.74, 6) is 0.817. The predicted octanol–water partition coefficient (Wildman–Crippen LogP) is 3.87. The van der Waals surface area contributed by atoms with E-state index in [9.17, 15) is 4.79 Å². The number of hydrogen-bond donors (Lipinski definition) is 0. The predicted molar refractivity (Wildman–Crippen MR) is 101 cm³/mol. The minimum Gasteiger partial charge on any atom is -0.487 e. The second-order valence-electron chi connectivity index (χ2n) is 6.42. The third-order valence-electron chi connectivity index (χ3n) is 4.79. The maximum atomic E-state index is 13.1. The van der Waals surface area contributed by atoms with Crippen LogP contribution in [0.15, 0.2) is 77.9 Å². The summed E-state index contributed by atoms with van der Waals surface area (Å²) in [4.78, 5) is 17.5. The molecule has 0 amide bonds. The maximum absolute atomic E-state index is 13.1. The van der Waals surface area contributed by atoms with Crippen molar-refractivity contribution in [1.29, 1.82) is 0 Å². The second-order valence-corrected chi connectivity index (χ2v) is 6.42. The Morgan fingerprint density at radius 2 is 1.88 bits per heavy atom. The van der Waals surface area contributed by atoms with Crippen LogP contribution in [0.2, 0.25) is 0 Å². The molecular formula is C22H16N2O2. The summed E-state index contributed by atoms with van der Waals surface area (Å²) in [5, 5.41) is 0.719. The van der Waals surface area contributed by atoms with Crippen molar-refractivity contribution in [2.45, 2.75) is 13.0 Å². The Labute approximate surface area is 150 Å². The van der Waals surface area contributed by atoms with E-state index in [1.165, 1.54) is 0 Å². The van der Waals surface area contributed by atoms with Gasteiger partial charge in [-0.2, -0.15) is 0 Å². The molecule has 1 aliphatic rings. The highest BCUT2D eigenvalue weighted by atomic mass is 16.5. The number of hydrogen-bond acceptors (Lipinski definition) is 3. The van der Waals surface area contributed by atoms with Crippen molar-refractivity contribution in [2.24, 2.45) is 0 Å². The molecule has 0 fully saturated rings. The van der Waals surface area contributed by atoms with Gasteiger partial charge in [0.05, 0.1) is 11.2 Å². The number of nitrogens with zero attached hydrogens (tertiary/aromatic N) is 2. The zero-order valence-corrected chi connectivity index (χ0v) is 14.1. The van der Waals surface area contributed by atoms with E-state index in [0.717, 1.165) is 39.2 Å². The van der Waals surface area contributed by atoms with Crippen LogP contribution in [0.25, 0.3) is 16.6 Å². The molecule has 2 aromatic heterocycles. The summed E-state index contributed by atoms with van der Waals surface area (Å²) in [6.45, 7) is 0.452. The summed E-state index contributed by atoms with van der Waals surface area (Å²) >= 11 is 0. The van der Waals surface area contributed by atoms with Crippen LogP contribution in [0.5, 0.6) is 5.75 Å². The zero-order valence-electron chi connectivity index (χ0n) is 14.1. The largest absolute Gasteiger partial charge is 0.487 e. The molecule has 4 aromatic rings. The van der Waals surface area contributed by atoms with Gasteiger partial charge in [0.25, 0.3) is 0 Å². The molecule has 0 saturated carbocycles. The van der Waals surface area contributed by atoms with Gasteiger partial charge in [0.1, 0.15) is 12.4 Å². The summed E-state index contributed by atoms with van der Waals surface area (Å²) in [6.07, 6.45) is 4.20. The molecule has 0 atom stereocenters. The van der Waals surface area contributed by atoms with Gasteiger partial charge in [-0.05, 0) is 30.3 Å². The molecule has 26 heavy (non-hydrogen) atoms. The van der Waals surface area contributed by atoms with Crippen molar-refractivity contribution in [3.8, 4) is 11.4 Å². The average molecular weight is 340 g/mol. The highest BCUT2D eigenvalue weighted by Gasteiger charge is 2.19. The van der Waals surface area contributed by atoms with Crippen LogP contribution in [0.1, 0.15) is 16.8 Å². The molecule has 0 unspecified atom stereocenters. The summed E-state index contributed by atoms with van der Waals surface area (Å²) in [5.41, 5.74) is 4.55. The molecule has 5 rings (SSSR count). The molecule has 0 radical (unpaired) electrons. The summed E-state index contributed by atoms with van der Waals surface area (Å²) in [7, 11) is 0. The number of benzene rings is 2. The van der Waals surface area contributed by atoms with Crippen molar-refractivity contribution in [2.75, 3.05) is 0 Å². The van der Waals surface area contributed by atoms with E-state index in [2.05, 4.69) is 9.55 Å². The number of ether oxygens (including phenoxy) is 1. The lowest BCUT2D eigenvalue weighted by Crippen LogP contribution is -2.15. The maximum Gasteiger partial charge on any atom is 0.193 e.